The van der Waals surface area contributed by atoms with E-state index in [-0.39, 0.29) is 23.5 Å². The number of ether oxygens (including phenoxy) is 1. The van der Waals surface area contributed by atoms with Gasteiger partial charge in [0.25, 0.3) is 5.91 Å². The summed E-state index contributed by atoms with van der Waals surface area (Å²) in [6.45, 7) is 10.00. The molecule has 0 fully saturated rings. The topological polar surface area (TPSA) is 124 Å². The van der Waals surface area contributed by atoms with Crippen LogP contribution in [-0.4, -0.2) is 48.3 Å². The molecule has 3 N–H and O–H groups in total. The van der Waals surface area contributed by atoms with Crippen molar-refractivity contribution in [1.82, 2.24) is 10.3 Å². The molecule has 1 aromatic rings. The Bertz CT molecular complexity index is 1110. The number of carbonyl (C=O) groups is 1. The Morgan fingerprint density at radius 2 is 2.03 bits per heavy atom. The molecule has 0 bridgehead atoms. The highest BCUT2D eigenvalue weighted by molar-refractivity contribution is 7.93. The summed E-state index contributed by atoms with van der Waals surface area (Å²) in [7, 11) is -2.20. The summed E-state index contributed by atoms with van der Waals surface area (Å²) in [5.74, 6) is -1.20. The lowest BCUT2D eigenvalue weighted by Crippen LogP contribution is -2.57. The molecule has 0 spiro atoms. The number of nitrogens with one attached hydrogen (secondary N) is 1. The lowest BCUT2D eigenvalue weighted by Gasteiger charge is -2.39. The molecule has 2 rings (SSSR count). The minimum absolute atomic E-state index is 0.0614. The van der Waals surface area contributed by atoms with Gasteiger partial charge in [-0.2, -0.15) is 0 Å². The summed E-state index contributed by atoms with van der Waals surface area (Å²) in [5.41, 5.74) is 4.94. The van der Waals surface area contributed by atoms with Gasteiger partial charge >= 0.3 is 0 Å². The largest absolute Gasteiger partial charge is 0.495 e. The van der Waals surface area contributed by atoms with E-state index in [0.29, 0.717) is 11.4 Å². The number of pyridine rings is 1. The first kappa shape index (κ1) is 25.3. The Hall–Kier alpha value is -3.01. The summed E-state index contributed by atoms with van der Waals surface area (Å²) in [5, 5.41) is 2.59. The molecule has 1 aliphatic rings. The Kier molecular flexibility index (Phi) is 7.29. The monoisotopic (exact) mass is 464 g/mol. The third-order valence-electron chi connectivity index (χ3n) is 5.67. The number of allylic oxidation sites excluding steroid dienone is 3. The number of carbonyl (C=O) groups excluding carboxylic acids is 1. The van der Waals surface area contributed by atoms with Crippen molar-refractivity contribution in [3.63, 3.8) is 0 Å². The molecule has 0 radical (unpaired) electrons. The summed E-state index contributed by atoms with van der Waals surface area (Å²) in [4.78, 5) is 20.5. The quantitative estimate of drug-likeness (QED) is 0.598. The fraction of sp³-hybridized carbons (Fsp3) is 0.409. The molecule has 0 aromatic carbocycles. The van der Waals surface area contributed by atoms with Crippen LogP contribution in [0.15, 0.2) is 59.1 Å². The molecule has 0 saturated carbocycles. The number of rotatable bonds is 7. The van der Waals surface area contributed by atoms with Crippen LogP contribution in [0.4, 0.5) is 4.39 Å². The summed E-state index contributed by atoms with van der Waals surface area (Å²) < 4.78 is 44.2. The van der Waals surface area contributed by atoms with Gasteiger partial charge in [-0.3, -0.25) is 9.79 Å². The second-order valence-corrected chi connectivity index (χ2v) is 10.4. The van der Waals surface area contributed by atoms with Crippen LogP contribution in [0.5, 0.6) is 5.75 Å². The van der Waals surface area contributed by atoms with Crippen LogP contribution < -0.4 is 15.8 Å². The molecule has 1 amide bonds. The average molecular weight is 465 g/mol. The number of aromatic nitrogens is 1. The second-order valence-electron chi connectivity index (χ2n) is 7.99. The predicted molar refractivity (Wildman–Crippen MR) is 123 cm³/mol. The van der Waals surface area contributed by atoms with Crippen molar-refractivity contribution < 1.29 is 22.3 Å². The Morgan fingerprint density at radius 1 is 1.38 bits per heavy atom. The number of nitrogens with zero attached hydrogens (tertiary/aromatic N) is 2. The number of methoxy groups -OCH3 is 1. The van der Waals surface area contributed by atoms with Crippen LogP contribution in [0.3, 0.4) is 0 Å². The number of halogens is 1. The van der Waals surface area contributed by atoms with E-state index in [9.17, 15) is 17.6 Å². The maximum atomic E-state index is 14.9. The highest BCUT2D eigenvalue weighted by Crippen LogP contribution is 2.38. The van der Waals surface area contributed by atoms with Gasteiger partial charge in [0.15, 0.2) is 9.84 Å². The van der Waals surface area contributed by atoms with Gasteiger partial charge < -0.3 is 15.8 Å². The van der Waals surface area contributed by atoms with Crippen LogP contribution >= 0.6 is 0 Å². The van der Waals surface area contributed by atoms with E-state index < -0.39 is 37.6 Å². The van der Waals surface area contributed by atoms with Gasteiger partial charge in [-0.15, -0.1) is 0 Å². The zero-order valence-corrected chi connectivity index (χ0v) is 19.7. The zero-order valence-electron chi connectivity index (χ0n) is 18.9. The SMILES string of the molecule is C=C(/C(F)=C\C=C(/C)NC(=O)c1ccc(OC)cn1)[C@]1(C)CS(=O)(=O)[C@@](C)(CC)C(N)=N1. The summed E-state index contributed by atoms with van der Waals surface area (Å²) in [6, 6.07) is 3.09. The number of aliphatic imine (C=N–C) groups is 1. The van der Waals surface area contributed by atoms with E-state index in [2.05, 4.69) is 21.9 Å². The van der Waals surface area contributed by atoms with Gasteiger partial charge in [0.1, 0.15) is 33.4 Å². The highest BCUT2D eigenvalue weighted by Gasteiger charge is 2.51. The number of hydrogen-bond donors (Lipinski definition) is 2. The molecule has 10 heteroatoms. The van der Waals surface area contributed by atoms with Gasteiger partial charge in [-0.05, 0) is 51.5 Å². The molecule has 0 aliphatic carbocycles. The number of amides is 1. The van der Waals surface area contributed by atoms with Crippen molar-refractivity contribution in [2.75, 3.05) is 12.9 Å². The minimum atomic E-state index is -3.69. The lowest BCUT2D eigenvalue weighted by molar-refractivity contribution is 0.0961. The van der Waals surface area contributed by atoms with E-state index in [0.717, 1.165) is 6.08 Å². The minimum Gasteiger partial charge on any atom is -0.495 e. The molecule has 0 unspecified atom stereocenters. The van der Waals surface area contributed by atoms with Crippen molar-refractivity contribution in [1.29, 1.82) is 0 Å². The zero-order chi connectivity index (χ0) is 24.3. The molecule has 2 atom stereocenters. The van der Waals surface area contributed by atoms with Gasteiger partial charge in [-0.1, -0.05) is 13.5 Å². The summed E-state index contributed by atoms with van der Waals surface area (Å²) >= 11 is 0. The average Bonchev–Trinajstić information content (AvgIpc) is 2.74. The Labute approximate surface area is 188 Å². The Balaban J connectivity index is 2.20. The van der Waals surface area contributed by atoms with Crippen LogP contribution in [0.25, 0.3) is 0 Å². The van der Waals surface area contributed by atoms with E-state index in [1.54, 1.807) is 19.9 Å². The molecule has 32 heavy (non-hydrogen) atoms. The first-order valence-corrected chi connectivity index (χ1v) is 11.6. The van der Waals surface area contributed by atoms with Crippen molar-refractivity contribution in [3.05, 3.63) is 59.9 Å². The van der Waals surface area contributed by atoms with Crippen LogP contribution in [-0.2, 0) is 9.84 Å². The van der Waals surface area contributed by atoms with Crippen LogP contribution in [0, 0.1) is 0 Å². The first-order chi connectivity index (χ1) is 14.8. The first-order valence-electron chi connectivity index (χ1n) is 9.93. The number of sulfone groups is 1. The smallest absolute Gasteiger partial charge is 0.273 e. The maximum Gasteiger partial charge on any atom is 0.273 e. The van der Waals surface area contributed by atoms with Gasteiger partial charge in [-0.25, -0.2) is 17.8 Å². The van der Waals surface area contributed by atoms with E-state index >= 15 is 0 Å². The lowest BCUT2D eigenvalue weighted by atomic mass is 9.93. The molecule has 2 heterocycles. The van der Waals surface area contributed by atoms with E-state index in [1.165, 1.54) is 39.3 Å². The van der Waals surface area contributed by atoms with Gasteiger partial charge in [0, 0.05) is 11.3 Å². The van der Waals surface area contributed by atoms with Crippen molar-refractivity contribution in [3.8, 4) is 5.75 Å². The molecule has 8 nitrogen and oxygen atoms in total. The van der Waals surface area contributed by atoms with Crippen LogP contribution in [0.1, 0.15) is 44.6 Å². The van der Waals surface area contributed by atoms with Crippen LogP contribution in [0.2, 0.25) is 0 Å². The fourth-order valence-corrected chi connectivity index (χ4v) is 5.24. The third-order valence-corrected chi connectivity index (χ3v) is 8.49. The van der Waals surface area contributed by atoms with E-state index in [1.807, 2.05) is 0 Å². The van der Waals surface area contributed by atoms with Crippen molar-refractivity contribution in [2.45, 2.75) is 44.4 Å². The molecule has 0 saturated heterocycles. The van der Waals surface area contributed by atoms with Gasteiger partial charge in [0.2, 0.25) is 0 Å². The standard InChI is InChI=1S/C22H29FN4O4S/c1-7-22(5)20(24)27-21(4,13-32(22,29)30)15(3)17(23)10-8-14(2)26-19(28)18-11-9-16(31-6)12-25-18/h8-12H,3,7,13H2,1-2,4-6H3,(H2,24,27)(H,26,28)/b14-8+,17-10+/t21-,22-/m0/s1. The second kappa shape index (κ2) is 9.23. The number of amidine groups is 1. The molecular weight excluding hydrogens is 435 g/mol. The number of hydrogen-bond acceptors (Lipinski definition) is 7. The van der Waals surface area contributed by atoms with E-state index in [4.69, 9.17) is 10.5 Å². The molecule has 1 aliphatic heterocycles. The summed E-state index contributed by atoms with van der Waals surface area (Å²) in [6.07, 6.45) is 4.10. The van der Waals surface area contributed by atoms with Crippen molar-refractivity contribution >= 4 is 21.6 Å². The molecule has 1 aromatic heterocycles. The predicted octanol–water partition coefficient (Wildman–Crippen LogP) is 2.85. The number of nitrogens with two attached hydrogens (primary N) is 1. The molecular formula is C22H29FN4O4S. The maximum absolute atomic E-state index is 14.9. The normalized spacial score (nSPS) is 25.6. The Morgan fingerprint density at radius 3 is 2.53 bits per heavy atom. The molecule has 174 valence electrons. The fourth-order valence-electron chi connectivity index (χ4n) is 3.14. The van der Waals surface area contributed by atoms with Gasteiger partial charge in [0.05, 0.1) is 19.1 Å². The van der Waals surface area contributed by atoms with Crippen molar-refractivity contribution in [2.24, 2.45) is 10.7 Å². The third kappa shape index (κ3) is 4.90. The highest BCUT2D eigenvalue weighted by atomic mass is 32.2.